The first-order valence-corrected chi connectivity index (χ1v) is 5.72. The van der Waals surface area contributed by atoms with E-state index in [2.05, 4.69) is 4.90 Å². The molecule has 0 aliphatic carbocycles. The standard InChI is InChI=1S/C7H15NO2.2C2H6/c1-9-5-2-8-3-6-10-7-4-8;2*1-2/h2-7H2,1H3;2*1-2H3. The van der Waals surface area contributed by atoms with Crippen LogP contribution in [0.5, 0.6) is 0 Å². The molecule has 1 aliphatic rings. The molecule has 1 saturated heterocycles. The third-order valence-corrected chi connectivity index (χ3v) is 1.72. The van der Waals surface area contributed by atoms with Gasteiger partial charge >= 0.3 is 0 Å². The van der Waals surface area contributed by atoms with Gasteiger partial charge in [0.15, 0.2) is 0 Å². The van der Waals surface area contributed by atoms with E-state index in [4.69, 9.17) is 9.47 Å². The molecule has 0 radical (unpaired) electrons. The Balaban J connectivity index is 0. The van der Waals surface area contributed by atoms with Gasteiger partial charge in [0.1, 0.15) is 0 Å². The smallest absolute Gasteiger partial charge is 0.0594 e. The SMILES string of the molecule is CC.CC.COCCN1CCOCC1. The van der Waals surface area contributed by atoms with Crippen LogP contribution in [0.25, 0.3) is 0 Å². The summed E-state index contributed by atoms with van der Waals surface area (Å²) in [5.41, 5.74) is 0. The summed E-state index contributed by atoms with van der Waals surface area (Å²) in [5.74, 6) is 0. The van der Waals surface area contributed by atoms with Gasteiger partial charge in [-0.25, -0.2) is 0 Å². The van der Waals surface area contributed by atoms with E-state index < -0.39 is 0 Å². The molecule has 1 fully saturated rings. The van der Waals surface area contributed by atoms with Gasteiger partial charge in [0, 0.05) is 26.7 Å². The number of ether oxygens (including phenoxy) is 2. The van der Waals surface area contributed by atoms with Crippen molar-refractivity contribution in [1.29, 1.82) is 0 Å². The van der Waals surface area contributed by atoms with Crippen LogP contribution in [0.1, 0.15) is 27.7 Å². The minimum absolute atomic E-state index is 0.833. The maximum Gasteiger partial charge on any atom is 0.0594 e. The van der Waals surface area contributed by atoms with Crippen molar-refractivity contribution in [2.24, 2.45) is 0 Å². The second kappa shape index (κ2) is 15.4. The highest BCUT2D eigenvalue weighted by atomic mass is 16.5. The molecule has 14 heavy (non-hydrogen) atoms. The summed E-state index contributed by atoms with van der Waals surface area (Å²) in [4.78, 5) is 2.35. The Labute approximate surface area is 89.4 Å². The highest BCUT2D eigenvalue weighted by Gasteiger charge is 2.08. The topological polar surface area (TPSA) is 21.7 Å². The van der Waals surface area contributed by atoms with Crippen LogP contribution in [-0.4, -0.2) is 51.5 Å². The summed E-state index contributed by atoms with van der Waals surface area (Å²) < 4.78 is 10.2. The van der Waals surface area contributed by atoms with Gasteiger partial charge in [-0.3, -0.25) is 4.90 Å². The maximum absolute atomic E-state index is 5.20. The molecule has 0 amide bonds. The fraction of sp³-hybridized carbons (Fsp3) is 1.00. The minimum Gasteiger partial charge on any atom is -0.383 e. The molecule has 0 spiro atoms. The zero-order chi connectivity index (χ0) is 11.2. The van der Waals surface area contributed by atoms with Gasteiger partial charge in [0.25, 0.3) is 0 Å². The van der Waals surface area contributed by atoms with E-state index in [1.165, 1.54) is 0 Å². The summed E-state index contributed by atoms with van der Waals surface area (Å²) in [6.45, 7) is 13.8. The van der Waals surface area contributed by atoms with Gasteiger partial charge in [0.05, 0.1) is 19.8 Å². The Hall–Kier alpha value is -0.120. The van der Waals surface area contributed by atoms with Crippen LogP contribution in [0.2, 0.25) is 0 Å². The third kappa shape index (κ3) is 9.96. The first-order chi connectivity index (χ1) is 6.93. The Morgan fingerprint density at radius 3 is 2.00 bits per heavy atom. The third-order valence-electron chi connectivity index (χ3n) is 1.72. The predicted molar refractivity (Wildman–Crippen MR) is 61.8 cm³/mol. The molecule has 1 heterocycles. The largest absolute Gasteiger partial charge is 0.383 e. The van der Waals surface area contributed by atoms with Gasteiger partial charge in [-0.2, -0.15) is 0 Å². The van der Waals surface area contributed by atoms with Crippen LogP contribution in [0.15, 0.2) is 0 Å². The van der Waals surface area contributed by atoms with Gasteiger partial charge < -0.3 is 9.47 Å². The lowest BCUT2D eigenvalue weighted by atomic mass is 10.4. The molecule has 0 atom stereocenters. The van der Waals surface area contributed by atoms with Crippen molar-refractivity contribution < 1.29 is 9.47 Å². The normalized spacial score (nSPS) is 16.1. The van der Waals surface area contributed by atoms with Crippen LogP contribution in [-0.2, 0) is 9.47 Å². The summed E-state index contributed by atoms with van der Waals surface area (Å²) in [6, 6.07) is 0. The second-order valence-electron chi connectivity index (χ2n) is 2.45. The van der Waals surface area contributed by atoms with Gasteiger partial charge in [-0.15, -0.1) is 0 Å². The first-order valence-electron chi connectivity index (χ1n) is 5.72. The van der Waals surface area contributed by atoms with E-state index in [1.807, 2.05) is 27.7 Å². The molecule has 0 N–H and O–H groups in total. The van der Waals surface area contributed by atoms with E-state index in [9.17, 15) is 0 Å². The number of rotatable bonds is 3. The zero-order valence-electron chi connectivity index (χ0n) is 10.5. The van der Waals surface area contributed by atoms with Crippen LogP contribution in [0.4, 0.5) is 0 Å². The van der Waals surface area contributed by atoms with Crippen LogP contribution >= 0.6 is 0 Å². The summed E-state index contributed by atoms with van der Waals surface area (Å²) in [5, 5.41) is 0. The molecule has 0 aromatic heterocycles. The quantitative estimate of drug-likeness (QED) is 0.703. The lowest BCUT2D eigenvalue weighted by Gasteiger charge is -2.25. The number of nitrogens with zero attached hydrogens (tertiary/aromatic N) is 1. The van der Waals surface area contributed by atoms with E-state index in [-0.39, 0.29) is 0 Å². The van der Waals surface area contributed by atoms with Crippen molar-refractivity contribution in [2.45, 2.75) is 27.7 Å². The second-order valence-corrected chi connectivity index (χ2v) is 2.45. The van der Waals surface area contributed by atoms with E-state index in [0.717, 1.165) is 39.5 Å². The fourth-order valence-electron chi connectivity index (χ4n) is 1.05. The Morgan fingerprint density at radius 2 is 1.57 bits per heavy atom. The zero-order valence-corrected chi connectivity index (χ0v) is 10.5. The van der Waals surface area contributed by atoms with Crippen molar-refractivity contribution in [3.63, 3.8) is 0 Å². The van der Waals surface area contributed by atoms with Crippen LogP contribution < -0.4 is 0 Å². The van der Waals surface area contributed by atoms with Gasteiger partial charge in [-0.1, -0.05) is 27.7 Å². The Morgan fingerprint density at radius 1 is 1.07 bits per heavy atom. The molecule has 3 nitrogen and oxygen atoms in total. The van der Waals surface area contributed by atoms with Crippen molar-refractivity contribution in [3.8, 4) is 0 Å². The summed E-state index contributed by atoms with van der Waals surface area (Å²) in [7, 11) is 1.74. The van der Waals surface area contributed by atoms with Crippen molar-refractivity contribution >= 4 is 0 Å². The Kier molecular flexibility index (Phi) is 17.9. The maximum atomic E-state index is 5.20. The molecule has 88 valence electrons. The van der Waals surface area contributed by atoms with E-state index >= 15 is 0 Å². The lowest BCUT2D eigenvalue weighted by molar-refractivity contribution is 0.0263. The van der Waals surface area contributed by atoms with Crippen LogP contribution in [0.3, 0.4) is 0 Å². The highest BCUT2D eigenvalue weighted by molar-refractivity contribution is 4.60. The lowest BCUT2D eigenvalue weighted by Crippen LogP contribution is -2.38. The number of hydrogen-bond acceptors (Lipinski definition) is 3. The minimum atomic E-state index is 0.833. The number of methoxy groups -OCH3 is 1. The monoisotopic (exact) mass is 205 g/mol. The molecule has 1 aliphatic heterocycles. The van der Waals surface area contributed by atoms with Gasteiger partial charge in [-0.05, 0) is 0 Å². The molecule has 0 aromatic rings. The average Bonchev–Trinajstić information content (AvgIpc) is 2.33. The van der Waals surface area contributed by atoms with Crippen LogP contribution in [0, 0.1) is 0 Å². The molecular formula is C11H27NO2. The summed E-state index contributed by atoms with van der Waals surface area (Å²) >= 11 is 0. The molecular weight excluding hydrogens is 178 g/mol. The number of hydrogen-bond donors (Lipinski definition) is 0. The first kappa shape index (κ1) is 16.3. The molecule has 0 saturated carbocycles. The molecule has 0 unspecified atom stereocenters. The predicted octanol–water partition coefficient (Wildman–Crippen LogP) is 2.02. The van der Waals surface area contributed by atoms with Crippen molar-refractivity contribution in [1.82, 2.24) is 4.90 Å². The fourth-order valence-corrected chi connectivity index (χ4v) is 1.05. The van der Waals surface area contributed by atoms with E-state index in [0.29, 0.717) is 0 Å². The average molecular weight is 205 g/mol. The molecule has 3 heteroatoms. The van der Waals surface area contributed by atoms with Gasteiger partial charge in [0.2, 0.25) is 0 Å². The summed E-state index contributed by atoms with van der Waals surface area (Å²) in [6.07, 6.45) is 0. The van der Waals surface area contributed by atoms with E-state index in [1.54, 1.807) is 7.11 Å². The highest BCUT2D eigenvalue weighted by Crippen LogP contribution is 1.94. The number of morpholine rings is 1. The van der Waals surface area contributed by atoms with Crippen molar-refractivity contribution in [3.05, 3.63) is 0 Å². The Bertz CT molecular complexity index is 83.4. The molecule has 0 bridgehead atoms. The van der Waals surface area contributed by atoms with Crippen molar-refractivity contribution in [2.75, 3.05) is 46.6 Å². The molecule has 0 aromatic carbocycles. The molecule has 1 rings (SSSR count).